The zero-order valence-electron chi connectivity index (χ0n) is 19.3. The number of carbonyl (C=O) groups excluding carboxylic acids is 1. The van der Waals surface area contributed by atoms with Gasteiger partial charge in [-0.25, -0.2) is 0 Å². The summed E-state index contributed by atoms with van der Waals surface area (Å²) in [5.41, 5.74) is 0. The molecule has 2 unspecified atom stereocenters. The van der Waals surface area contributed by atoms with Crippen molar-refractivity contribution in [1.82, 2.24) is 0 Å². The van der Waals surface area contributed by atoms with Gasteiger partial charge in [0.05, 0.1) is 13.2 Å². The second kappa shape index (κ2) is 19.1. The van der Waals surface area contributed by atoms with E-state index < -0.39 is 11.8 Å². The van der Waals surface area contributed by atoms with Gasteiger partial charge in [-0.1, -0.05) is 90.4 Å². The Hall–Kier alpha value is 0.350. The van der Waals surface area contributed by atoms with Crippen molar-refractivity contribution in [3.8, 4) is 0 Å². The van der Waals surface area contributed by atoms with Crippen molar-refractivity contribution in [1.29, 1.82) is 0 Å². The van der Waals surface area contributed by atoms with Gasteiger partial charge in [0.2, 0.25) is 0 Å². The van der Waals surface area contributed by atoms with Crippen LogP contribution in [0.15, 0.2) is 0 Å². The Kier molecular flexibility index (Phi) is 19.3. The van der Waals surface area contributed by atoms with Crippen LogP contribution in [-0.4, -0.2) is 37.7 Å². The van der Waals surface area contributed by atoms with E-state index >= 15 is 0 Å². The molecule has 0 saturated carbocycles. The fourth-order valence-corrected chi connectivity index (χ4v) is 3.74. The quantitative estimate of drug-likeness (QED) is 0.234. The van der Waals surface area contributed by atoms with E-state index in [1.165, 1.54) is 83.5 Å². The van der Waals surface area contributed by atoms with E-state index in [9.17, 15) is 9.90 Å². The summed E-state index contributed by atoms with van der Waals surface area (Å²) in [6.45, 7) is 5.47. The number of unbranched alkanes of at least 4 members (excludes halogenated alkanes) is 13. The minimum atomic E-state index is -1.16. The maximum atomic E-state index is 10.7. The van der Waals surface area contributed by atoms with Crippen molar-refractivity contribution in [2.24, 2.45) is 0 Å². The molecular weight excluding hydrogens is 379 g/mol. The summed E-state index contributed by atoms with van der Waals surface area (Å²) in [6.07, 6.45) is 18.4. The molecule has 1 heterocycles. The molecule has 1 rings (SSSR count). The molecule has 0 aliphatic carbocycles. The van der Waals surface area contributed by atoms with Crippen LogP contribution in [0.1, 0.15) is 110 Å². The predicted octanol–water partition coefficient (Wildman–Crippen LogP) is 1.76. The molecule has 2 atom stereocenters. The summed E-state index contributed by atoms with van der Waals surface area (Å²) in [7, 11) is 0. The molecule has 1 aliphatic rings. The van der Waals surface area contributed by atoms with E-state index in [1.54, 1.807) is 6.92 Å². The summed E-state index contributed by atoms with van der Waals surface area (Å²) in [5, 5.41) is 10.7. The van der Waals surface area contributed by atoms with Crippen molar-refractivity contribution in [2.45, 2.75) is 122 Å². The van der Waals surface area contributed by atoms with Crippen LogP contribution in [0.3, 0.4) is 0 Å². The Labute approximate surface area is 200 Å². The Balaban J connectivity index is 0.00000784. The van der Waals surface area contributed by atoms with E-state index in [-0.39, 0.29) is 42.1 Å². The standard InChI is InChI=1S/C23H44O5.Na/c1-3-4-5-6-7-8-9-10-11-12-13-14-15-16-17-26-19-21-20-27-23(2,28-21)18-22(24)25;/h21H,3-20H2,1-2H3,(H,24,25);/q;+1/p-1. The maximum absolute atomic E-state index is 10.7. The Morgan fingerprint density at radius 3 is 1.90 bits per heavy atom. The third-order valence-corrected chi connectivity index (χ3v) is 5.40. The summed E-state index contributed by atoms with van der Waals surface area (Å²) in [6, 6.07) is 0. The van der Waals surface area contributed by atoms with Crippen LogP contribution in [0.5, 0.6) is 0 Å². The van der Waals surface area contributed by atoms with Gasteiger partial charge in [-0.2, -0.15) is 0 Å². The summed E-state index contributed by atoms with van der Waals surface area (Å²) in [4.78, 5) is 10.7. The zero-order valence-corrected chi connectivity index (χ0v) is 21.3. The van der Waals surface area contributed by atoms with E-state index in [4.69, 9.17) is 14.2 Å². The number of aliphatic carboxylic acids is 1. The molecule has 29 heavy (non-hydrogen) atoms. The molecular formula is C23H43NaO5. The molecule has 5 nitrogen and oxygen atoms in total. The minimum absolute atomic E-state index is 0. The Bertz CT molecular complexity index is 393. The van der Waals surface area contributed by atoms with Crippen LogP contribution in [0.4, 0.5) is 0 Å². The van der Waals surface area contributed by atoms with Crippen LogP contribution in [0.25, 0.3) is 0 Å². The first kappa shape index (κ1) is 29.4. The third kappa shape index (κ3) is 16.7. The van der Waals surface area contributed by atoms with Crippen LogP contribution >= 0.6 is 0 Å². The molecule has 0 bridgehead atoms. The number of carbonyl (C=O) groups is 1. The fraction of sp³-hybridized carbons (Fsp3) is 0.957. The van der Waals surface area contributed by atoms with Gasteiger partial charge in [0, 0.05) is 19.0 Å². The average molecular weight is 423 g/mol. The van der Waals surface area contributed by atoms with Crippen molar-refractivity contribution in [3.63, 3.8) is 0 Å². The first-order valence-corrected chi connectivity index (χ1v) is 11.6. The second-order valence-electron chi connectivity index (χ2n) is 8.40. The van der Waals surface area contributed by atoms with Gasteiger partial charge in [0.15, 0.2) is 5.79 Å². The molecule has 0 spiro atoms. The van der Waals surface area contributed by atoms with Crippen molar-refractivity contribution in [2.75, 3.05) is 19.8 Å². The molecule has 6 heteroatoms. The normalized spacial score (nSPS) is 21.2. The van der Waals surface area contributed by atoms with Gasteiger partial charge < -0.3 is 24.1 Å². The van der Waals surface area contributed by atoms with Gasteiger partial charge in [-0.3, -0.25) is 0 Å². The fourth-order valence-electron chi connectivity index (χ4n) is 3.74. The summed E-state index contributed by atoms with van der Waals surface area (Å²) in [5.74, 6) is -2.23. The van der Waals surface area contributed by atoms with Crippen LogP contribution in [0, 0.1) is 0 Å². The van der Waals surface area contributed by atoms with Gasteiger partial charge >= 0.3 is 29.6 Å². The summed E-state index contributed by atoms with van der Waals surface area (Å²) >= 11 is 0. The number of carboxylic acids is 1. The van der Waals surface area contributed by atoms with E-state index in [1.807, 2.05) is 0 Å². The third-order valence-electron chi connectivity index (χ3n) is 5.40. The first-order valence-electron chi connectivity index (χ1n) is 11.6. The van der Waals surface area contributed by atoms with Crippen molar-refractivity contribution < 1.29 is 53.7 Å². The summed E-state index contributed by atoms with van der Waals surface area (Å²) < 4.78 is 16.7. The van der Waals surface area contributed by atoms with Crippen LogP contribution in [0.2, 0.25) is 0 Å². The molecule has 0 aromatic carbocycles. The largest absolute Gasteiger partial charge is 1.00 e. The van der Waals surface area contributed by atoms with Gasteiger partial charge in [-0.05, 0) is 13.3 Å². The van der Waals surface area contributed by atoms with Gasteiger partial charge in [0.25, 0.3) is 0 Å². The molecule has 0 N–H and O–H groups in total. The monoisotopic (exact) mass is 422 g/mol. The minimum Gasteiger partial charge on any atom is -0.550 e. The molecule has 0 aromatic rings. The SMILES string of the molecule is CCCCCCCCCCCCCCCCOCC1COC(C)(CC(=O)[O-])O1.[Na+]. The molecule has 1 saturated heterocycles. The Morgan fingerprint density at radius 2 is 1.41 bits per heavy atom. The zero-order chi connectivity index (χ0) is 20.5. The molecule has 0 amide bonds. The predicted molar refractivity (Wildman–Crippen MR) is 110 cm³/mol. The smallest absolute Gasteiger partial charge is 0.550 e. The molecule has 1 fully saturated rings. The van der Waals surface area contributed by atoms with Gasteiger partial charge in [0.1, 0.15) is 6.10 Å². The Morgan fingerprint density at radius 1 is 0.931 bits per heavy atom. The number of ether oxygens (including phenoxy) is 3. The van der Waals surface area contributed by atoms with E-state index in [0.717, 1.165) is 13.0 Å². The average Bonchev–Trinajstić information content (AvgIpc) is 3.01. The topological polar surface area (TPSA) is 67.8 Å². The number of hydrogen-bond donors (Lipinski definition) is 0. The van der Waals surface area contributed by atoms with Crippen molar-refractivity contribution >= 4 is 5.97 Å². The van der Waals surface area contributed by atoms with Crippen LogP contribution in [-0.2, 0) is 19.0 Å². The molecule has 166 valence electrons. The molecule has 0 aromatic heterocycles. The number of hydrogen-bond acceptors (Lipinski definition) is 5. The van der Waals surface area contributed by atoms with E-state index in [0.29, 0.717) is 13.2 Å². The van der Waals surface area contributed by atoms with E-state index in [2.05, 4.69) is 6.92 Å². The second-order valence-corrected chi connectivity index (χ2v) is 8.40. The number of rotatable bonds is 19. The van der Waals surface area contributed by atoms with Gasteiger partial charge in [-0.15, -0.1) is 0 Å². The van der Waals surface area contributed by atoms with Crippen molar-refractivity contribution in [3.05, 3.63) is 0 Å². The first-order chi connectivity index (χ1) is 13.6. The number of carboxylic acid groups (broad SMARTS) is 1. The molecule has 1 aliphatic heterocycles. The van der Waals surface area contributed by atoms with Crippen LogP contribution < -0.4 is 34.7 Å². The maximum Gasteiger partial charge on any atom is 1.00 e. The molecule has 0 radical (unpaired) electrons.